The topological polar surface area (TPSA) is 46.2 Å². The fourth-order valence-electron chi connectivity index (χ4n) is 2.88. The molecule has 3 nitrogen and oxygen atoms in total. The summed E-state index contributed by atoms with van der Waals surface area (Å²) in [5.74, 6) is -0.122. The molecular weight excluding hydrogens is 258 g/mol. The lowest BCUT2D eigenvalue weighted by atomic mass is 9.91. The molecular formula is C15H17NO2S. The van der Waals surface area contributed by atoms with Crippen molar-refractivity contribution in [2.45, 2.75) is 42.8 Å². The zero-order valence-electron chi connectivity index (χ0n) is 10.9. The summed E-state index contributed by atoms with van der Waals surface area (Å²) < 4.78 is 0. The van der Waals surface area contributed by atoms with Gasteiger partial charge in [-0.2, -0.15) is 0 Å². The second-order valence-electron chi connectivity index (χ2n) is 5.50. The van der Waals surface area contributed by atoms with Crippen LogP contribution in [0.5, 0.6) is 0 Å². The SMILES string of the molecule is CC1CCCC(Sc2ccc3c(c2)NC(=O)C3=O)C1. The van der Waals surface area contributed by atoms with Crippen molar-refractivity contribution in [3.05, 3.63) is 23.8 Å². The van der Waals surface area contributed by atoms with Gasteiger partial charge >= 0.3 is 0 Å². The van der Waals surface area contributed by atoms with Crippen LogP contribution in [0, 0.1) is 5.92 Å². The van der Waals surface area contributed by atoms with Crippen molar-refractivity contribution in [2.24, 2.45) is 5.92 Å². The van der Waals surface area contributed by atoms with Gasteiger partial charge in [-0.1, -0.05) is 19.8 Å². The van der Waals surface area contributed by atoms with E-state index in [2.05, 4.69) is 12.2 Å². The Balaban J connectivity index is 1.75. The molecule has 1 saturated carbocycles. The third-order valence-electron chi connectivity index (χ3n) is 3.88. The highest BCUT2D eigenvalue weighted by atomic mass is 32.2. The van der Waals surface area contributed by atoms with Gasteiger partial charge in [-0.25, -0.2) is 0 Å². The van der Waals surface area contributed by atoms with Gasteiger partial charge in [0.1, 0.15) is 0 Å². The molecule has 2 unspecified atom stereocenters. The predicted octanol–water partition coefficient (Wildman–Crippen LogP) is 3.49. The summed E-state index contributed by atoms with van der Waals surface area (Å²) in [6.07, 6.45) is 5.16. The first-order valence-electron chi connectivity index (χ1n) is 6.80. The van der Waals surface area contributed by atoms with E-state index in [1.54, 1.807) is 6.07 Å². The number of Topliss-reactive ketones (excluding diaryl/α,β-unsaturated/α-hetero) is 1. The summed E-state index contributed by atoms with van der Waals surface area (Å²) in [4.78, 5) is 24.0. The highest BCUT2D eigenvalue weighted by Gasteiger charge is 2.28. The zero-order valence-corrected chi connectivity index (χ0v) is 11.8. The van der Waals surface area contributed by atoms with E-state index in [1.165, 1.54) is 25.7 Å². The van der Waals surface area contributed by atoms with Gasteiger partial charge in [0.2, 0.25) is 0 Å². The molecule has 0 spiro atoms. The second-order valence-corrected chi connectivity index (χ2v) is 6.88. The van der Waals surface area contributed by atoms with Crippen molar-refractivity contribution in [3.63, 3.8) is 0 Å². The van der Waals surface area contributed by atoms with Crippen molar-refractivity contribution < 1.29 is 9.59 Å². The van der Waals surface area contributed by atoms with E-state index in [0.717, 1.165) is 10.8 Å². The van der Waals surface area contributed by atoms with Crippen molar-refractivity contribution in [1.29, 1.82) is 0 Å². The lowest BCUT2D eigenvalue weighted by molar-refractivity contribution is -0.112. The van der Waals surface area contributed by atoms with Crippen LogP contribution >= 0.6 is 11.8 Å². The number of rotatable bonds is 2. The Kier molecular flexibility index (Phi) is 3.35. The van der Waals surface area contributed by atoms with Crippen LogP contribution in [0.2, 0.25) is 0 Å². The number of ketones is 1. The van der Waals surface area contributed by atoms with E-state index in [-0.39, 0.29) is 0 Å². The molecule has 0 bridgehead atoms. The largest absolute Gasteiger partial charge is 0.318 e. The zero-order chi connectivity index (χ0) is 13.4. The first-order chi connectivity index (χ1) is 9.13. The summed E-state index contributed by atoms with van der Waals surface area (Å²) in [6, 6.07) is 5.66. The molecule has 1 aromatic carbocycles. The number of hydrogen-bond acceptors (Lipinski definition) is 3. The highest BCUT2D eigenvalue weighted by molar-refractivity contribution is 8.00. The third kappa shape index (κ3) is 2.54. The molecule has 1 heterocycles. The fraction of sp³-hybridized carbons (Fsp3) is 0.467. The summed E-state index contributed by atoms with van der Waals surface area (Å²) in [7, 11) is 0. The molecule has 2 aliphatic rings. The third-order valence-corrected chi connectivity index (χ3v) is 5.17. The summed E-state index contributed by atoms with van der Waals surface area (Å²) in [6.45, 7) is 2.31. The Morgan fingerprint density at radius 2 is 2.11 bits per heavy atom. The van der Waals surface area contributed by atoms with Crippen LogP contribution in [-0.4, -0.2) is 16.9 Å². The van der Waals surface area contributed by atoms with Crippen LogP contribution < -0.4 is 5.32 Å². The lowest BCUT2D eigenvalue weighted by Crippen LogP contribution is -2.14. The van der Waals surface area contributed by atoms with E-state index in [0.29, 0.717) is 16.5 Å². The van der Waals surface area contributed by atoms with E-state index in [4.69, 9.17) is 0 Å². The molecule has 1 aliphatic heterocycles. The van der Waals surface area contributed by atoms with Crippen LogP contribution in [0.25, 0.3) is 0 Å². The van der Waals surface area contributed by atoms with Crippen LogP contribution in [-0.2, 0) is 4.79 Å². The first kappa shape index (κ1) is 12.7. The van der Waals surface area contributed by atoms with Crippen molar-refractivity contribution in [3.8, 4) is 0 Å². The molecule has 1 amide bonds. The molecule has 0 aromatic heterocycles. The quantitative estimate of drug-likeness (QED) is 0.840. The van der Waals surface area contributed by atoms with Gasteiger partial charge < -0.3 is 5.32 Å². The standard InChI is InChI=1S/C15H17NO2S/c1-9-3-2-4-10(7-9)19-11-5-6-12-13(8-11)16-15(18)14(12)17/h5-6,8-10H,2-4,7H2,1H3,(H,16,17,18). The molecule has 1 aromatic rings. The van der Waals surface area contributed by atoms with Gasteiger partial charge in [-0.05, 0) is 37.0 Å². The normalized spacial score (nSPS) is 26.2. The van der Waals surface area contributed by atoms with E-state index < -0.39 is 11.7 Å². The summed E-state index contributed by atoms with van der Waals surface area (Å²) in [5, 5.41) is 3.29. The molecule has 1 fully saturated rings. The minimum atomic E-state index is -0.511. The van der Waals surface area contributed by atoms with Crippen LogP contribution in [0.15, 0.2) is 23.1 Å². The Hall–Kier alpha value is -1.29. The average Bonchev–Trinajstić information content (AvgIpc) is 2.65. The maximum atomic E-state index is 11.5. The van der Waals surface area contributed by atoms with Crippen molar-refractivity contribution >= 4 is 29.1 Å². The van der Waals surface area contributed by atoms with E-state index in [9.17, 15) is 9.59 Å². The van der Waals surface area contributed by atoms with Crippen LogP contribution in [0.3, 0.4) is 0 Å². The monoisotopic (exact) mass is 275 g/mol. The average molecular weight is 275 g/mol. The predicted molar refractivity (Wildman–Crippen MR) is 76.7 cm³/mol. The Labute approximate surface area is 117 Å². The molecule has 2 atom stereocenters. The Morgan fingerprint density at radius 3 is 2.89 bits per heavy atom. The molecule has 0 saturated heterocycles. The molecule has 100 valence electrons. The number of amides is 1. The fourth-order valence-corrected chi connectivity index (χ4v) is 4.30. The smallest absolute Gasteiger partial charge is 0.296 e. The number of anilines is 1. The number of carbonyl (C=O) groups is 2. The van der Waals surface area contributed by atoms with Crippen LogP contribution in [0.1, 0.15) is 43.0 Å². The van der Waals surface area contributed by atoms with E-state index in [1.807, 2.05) is 23.9 Å². The molecule has 3 rings (SSSR count). The van der Waals surface area contributed by atoms with Gasteiger partial charge in [0.05, 0.1) is 11.3 Å². The van der Waals surface area contributed by atoms with Crippen molar-refractivity contribution in [2.75, 3.05) is 5.32 Å². The number of benzene rings is 1. The summed E-state index contributed by atoms with van der Waals surface area (Å²) >= 11 is 1.87. The molecule has 1 N–H and O–H groups in total. The number of nitrogens with one attached hydrogen (secondary N) is 1. The minimum absolute atomic E-state index is 0.419. The lowest BCUT2D eigenvalue weighted by Gasteiger charge is -2.26. The second kappa shape index (κ2) is 5.00. The Bertz CT molecular complexity index is 541. The number of thioether (sulfide) groups is 1. The molecule has 0 radical (unpaired) electrons. The molecule has 1 aliphatic carbocycles. The highest BCUT2D eigenvalue weighted by Crippen LogP contribution is 2.38. The maximum Gasteiger partial charge on any atom is 0.296 e. The van der Waals surface area contributed by atoms with Gasteiger partial charge in [0.15, 0.2) is 0 Å². The number of carbonyl (C=O) groups excluding carboxylic acids is 2. The van der Waals surface area contributed by atoms with Crippen molar-refractivity contribution in [1.82, 2.24) is 0 Å². The minimum Gasteiger partial charge on any atom is -0.318 e. The molecule has 19 heavy (non-hydrogen) atoms. The van der Waals surface area contributed by atoms with Crippen LogP contribution in [0.4, 0.5) is 5.69 Å². The summed E-state index contributed by atoms with van der Waals surface area (Å²) in [5.41, 5.74) is 1.18. The van der Waals surface area contributed by atoms with E-state index >= 15 is 0 Å². The van der Waals surface area contributed by atoms with Gasteiger partial charge in [-0.3, -0.25) is 9.59 Å². The molecule has 4 heteroatoms. The number of hydrogen-bond donors (Lipinski definition) is 1. The van der Waals surface area contributed by atoms with Gasteiger partial charge in [0, 0.05) is 10.1 Å². The number of fused-ring (bicyclic) bond motifs is 1. The van der Waals surface area contributed by atoms with Gasteiger partial charge in [-0.15, -0.1) is 11.8 Å². The maximum absolute atomic E-state index is 11.5. The Morgan fingerprint density at radius 1 is 1.26 bits per heavy atom. The first-order valence-corrected chi connectivity index (χ1v) is 7.68. The van der Waals surface area contributed by atoms with Gasteiger partial charge in [0.25, 0.3) is 11.7 Å².